The highest BCUT2D eigenvalue weighted by Crippen LogP contribution is 2.28. The van der Waals surface area contributed by atoms with E-state index < -0.39 is 22.5 Å². The predicted octanol–water partition coefficient (Wildman–Crippen LogP) is 5.30. The van der Waals surface area contributed by atoms with Crippen LogP contribution in [-0.4, -0.2) is 27.1 Å². The number of anilines is 1. The number of carbonyl (C=O) groups is 1. The zero-order valence-electron chi connectivity index (χ0n) is 16.8. The molecule has 0 fully saturated rings. The Kier molecular flexibility index (Phi) is 7.79. The molecule has 3 aromatic rings. The lowest BCUT2D eigenvalue weighted by molar-refractivity contribution is -0.119. The molecule has 32 heavy (non-hydrogen) atoms. The molecule has 6 nitrogen and oxygen atoms in total. The summed E-state index contributed by atoms with van der Waals surface area (Å²) < 4.78 is 27.7. The number of hydrazone groups is 1. The molecular weight excluding hydrogens is 493 g/mol. The van der Waals surface area contributed by atoms with E-state index >= 15 is 0 Å². The summed E-state index contributed by atoms with van der Waals surface area (Å²) in [6.45, 7) is 1.23. The Morgan fingerprint density at radius 2 is 1.72 bits per heavy atom. The first-order valence-electron chi connectivity index (χ1n) is 9.29. The van der Waals surface area contributed by atoms with E-state index in [1.807, 2.05) is 0 Å². The number of rotatable bonds is 7. The molecule has 0 spiro atoms. The van der Waals surface area contributed by atoms with Crippen LogP contribution in [0.5, 0.6) is 0 Å². The minimum Gasteiger partial charge on any atom is -0.271 e. The van der Waals surface area contributed by atoms with Gasteiger partial charge in [0.15, 0.2) is 0 Å². The number of nitrogens with one attached hydrogen (secondary N) is 1. The van der Waals surface area contributed by atoms with Gasteiger partial charge in [-0.3, -0.25) is 9.10 Å². The van der Waals surface area contributed by atoms with E-state index in [0.29, 0.717) is 31.9 Å². The smallest absolute Gasteiger partial charge is 0.264 e. The lowest BCUT2D eigenvalue weighted by Gasteiger charge is -2.25. The van der Waals surface area contributed by atoms with E-state index in [1.54, 1.807) is 61.5 Å². The Bertz CT molecular complexity index is 1270. The summed E-state index contributed by atoms with van der Waals surface area (Å²) in [5.41, 5.74) is 3.89. The molecule has 0 aliphatic rings. The number of carbonyl (C=O) groups excluding carboxylic acids is 1. The second-order valence-electron chi connectivity index (χ2n) is 6.72. The van der Waals surface area contributed by atoms with Gasteiger partial charge in [0.1, 0.15) is 6.54 Å². The minimum atomic E-state index is -4.03. The average molecular weight is 511 g/mol. The van der Waals surface area contributed by atoms with Gasteiger partial charge >= 0.3 is 0 Å². The molecular formula is C22H18Cl3N3O3S. The van der Waals surface area contributed by atoms with E-state index in [4.69, 9.17) is 34.8 Å². The van der Waals surface area contributed by atoms with Crippen LogP contribution in [0.4, 0.5) is 5.69 Å². The van der Waals surface area contributed by atoms with E-state index in [-0.39, 0.29) is 4.90 Å². The fraction of sp³-hybridized carbons (Fsp3) is 0.0909. The molecule has 0 heterocycles. The number of halogens is 3. The van der Waals surface area contributed by atoms with Gasteiger partial charge in [-0.15, -0.1) is 0 Å². The maximum absolute atomic E-state index is 13.3. The third kappa shape index (κ3) is 5.81. The van der Waals surface area contributed by atoms with Crippen LogP contribution < -0.4 is 9.73 Å². The van der Waals surface area contributed by atoms with Crippen LogP contribution in [0.2, 0.25) is 15.1 Å². The van der Waals surface area contributed by atoms with Gasteiger partial charge in [0.2, 0.25) is 0 Å². The Labute approximate surface area is 201 Å². The van der Waals surface area contributed by atoms with E-state index in [2.05, 4.69) is 10.5 Å². The highest BCUT2D eigenvalue weighted by Gasteiger charge is 2.28. The maximum Gasteiger partial charge on any atom is 0.264 e. The predicted molar refractivity (Wildman–Crippen MR) is 129 cm³/mol. The highest BCUT2D eigenvalue weighted by atomic mass is 35.5. The number of hydrogen-bond donors (Lipinski definition) is 1. The largest absolute Gasteiger partial charge is 0.271 e. The fourth-order valence-corrected chi connectivity index (χ4v) is 4.90. The van der Waals surface area contributed by atoms with Crippen molar-refractivity contribution in [2.45, 2.75) is 11.8 Å². The topological polar surface area (TPSA) is 78.8 Å². The van der Waals surface area contributed by atoms with Crippen LogP contribution in [0.25, 0.3) is 0 Å². The van der Waals surface area contributed by atoms with Gasteiger partial charge in [-0.1, -0.05) is 59.1 Å². The SMILES string of the molecule is Cc1cc(Cl)ccc1N(CC(=O)N/N=C\c1ccc(Cl)c(Cl)c1)S(=O)(=O)c1ccccc1. The first kappa shape index (κ1) is 24.1. The summed E-state index contributed by atoms with van der Waals surface area (Å²) in [5, 5.41) is 5.08. The third-order valence-corrected chi connectivity index (χ3v) is 7.14. The Hall–Kier alpha value is -2.58. The molecule has 166 valence electrons. The minimum absolute atomic E-state index is 0.0569. The molecule has 0 aromatic heterocycles. The normalized spacial score (nSPS) is 11.5. The van der Waals surface area contributed by atoms with Crippen molar-refractivity contribution in [2.75, 3.05) is 10.8 Å². The van der Waals surface area contributed by atoms with Gasteiger partial charge in [0.25, 0.3) is 15.9 Å². The van der Waals surface area contributed by atoms with Gasteiger partial charge in [0.05, 0.1) is 26.8 Å². The molecule has 0 radical (unpaired) electrons. The standard InChI is InChI=1S/C22H18Cl3N3O3S/c1-15-11-17(23)8-10-21(15)28(32(30,31)18-5-3-2-4-6-18)14-22(29)27-26-13-16-7-9-19(24)20(25)12-16/h2-13H,14H2,1H3,(H,27,29)/b26-13-. The van der Waals surface area contributed by atoms with Crippen LogP contribution in [-0.2, 0) is 14.8 Å². The molecule has 0 unspecified atom stereocenters. The summed E-state index contributed by atoms with van der Waals surface area (Å²) in [7, 11) is -4.03. The van der Waals surface area contributed by atoms with Crippen molar-refractivity contribution in [3.8, 4) is 0 Å². The number of aryl methyl sites for hydroxylation is 1. The summed E-state index contributed by atoms with van der Waals surface area (Å²) >= 11 is 17.9. The lowest BCUT2D eigenvalue weighted by Crippen LogP contribution is -2.40. The van der Waals surface area contributed by atoms with Crippen LogP contribution in [0.3, 0.4) is 0 Å². The fourth-order valence-electron chi connectivity index (χ4n) is 2.86. The van der Waals surface area contributed by atoms with Crippen LogP contribution in [0.1, 0.15) is 11.1 Å². The van der Waals surface area contributed by atoms with Crippen molar-refractivity contribution < 1.29 is 13.2 Å². The average Bonchev–Trinajstić information content (AvgIpc) is 2.75. The second kappa shape index (κ2) is 10.4. The van der Waals surface area contributed by atoms with Crippen molar-refractivity contribution in [1.82, 2.24) is 5.43 Å². The Balaban J connectivity index is 1.86. The molecule has 3 aromatic carbocycles. The number of amides is 1. The van der Waals surface area contributed by atoms with E-state index in [1.165, 1.54) is 18.3 Å². The molecule has 3 rings (SSSR count). The zero-order valence-corrected chi connectivity index (χ0v) is 19.9. The highest BCUT2D eigenvalue weighted by molar-refractivity contribution is 7.92. The van der Waals surface area contributed by atoms with Crippen LogP contribution in [0, 0.1) is 6.92 Å². The third-order valence-electron chi connectivity index (χ3n) is 4.39. The molecule has 0 saturated carbocycles. The summed E-state index contributed by atoms with van der Waals surface area (Å²) in [4.78, 5) is 12.6. The van der Waals surface area contributed by atoms with Crippen molar-refractivity contribution >= 4 is 62.6 Å². The maximum atomic E-state index is 13.3. The quantitative estimate of drug-likeness (QED) is 0.346. The second-order valence-corrected chi connectivity index (χ2v) is 9.84. The lowest BCUT2D eigenvalue weighted by atomic mass is 10.2. The number of nitrogens with zero attached hydrogens (tertiary/aromatic N) is 2. The van der Waals surface area contributed by atoms with Crippen molar-refractivity contribution in [2.24, 2.45) is 5.10 Å². The molecule has 0 atom stereocenters. The Morgan fingerprint density at radius 1 is 1.00 bits per heavy atom. The molecule has 0 bridgehead atoms. The van der Waals surface area contributed by atoms with Gasteiger partial charge in [0, 0.05) is 5.02 Å². The monoisotopic (exact) mass is 509 g/mol. The zero-order chi connectivity index (χ0) is 23.3. The molecule has 1 N–H and O–H groups in total. The number of benzene rings is 3. The summed E-state index contributed by atoms with van der Waals surface area (Å²) in [6.07, 6.45) is 1.38. The van der Waals surface area contributed by atoms with Crippen LogP contribution >= 0.6 is 34.8 Å². The molecule has 10 heteroatoms. The molecule has 1 amide bonds. The van der Waals surface area contributed by atoms with Crippen molar-refractivity contribution in [3.63, 3.8) is 0 Å². The summed E-state index contributed by atoms with van der Waals surface area (Å²) in [6, 6.07) is 17.5. The van der Waals surface area contributed by atoms with Crippen LogP contribution in [0.15, 0.2) is 76.7 Å². The molecule has 0 saturated heterocycles. The van der Waals surface area contributed by atoms with Gasteiger partial charge < -0.3 is 0 Å². The summed E-state index contributed by atoms with van der Waals surface area (Å²) in [5.74, 6) is -0.629. The molecule has 0 aliphatic heterocycles. The van der Waals surface area contributed by atoms with Gasteiger partial charge in [-0.25, -0.2) is 13.8 Å². The Morgan fingerprint density at radius 3 is 2.38 bits per heavy atom. The first-order chi connectivity index (χ1) is 15.2. The van der Waals surface area contributed by atoms with E-state index in [9.17, 15) is 13.2 Å². The number of sulfonamides is 1. The van der Waals surface area contributed by atoms with Crippen molar-refractivity contribution in [3.05, 3.63) is 92.9 Å². The first-order valence-corrected chi connectivity index (χ1v) is 11.9. The van der Waals surface area contributed by atoms with Gasteiger partial charge in [-0.2, -0.15) is 5.10 Å². The van der Waals surface area contributed by atoms with Gasteiger partial charge in [-0.05, 0) is 60.5 Å². The number of hydrogen-bond acceptors (Lipinski definition) is 4. The van der Waals surface area contributed by atoms with Crippen molar-refractivity contribution in [1.29, 1.82) is 0 Å². The van der Waals surface area contributed by atoms with E-state index in [0.717, 1.165) is 4.31 Å². The molecule has 0 aliphatic carbocycles.